The minimum atomic E-state index is 0.0428. The molecule has 1 N–H and O–H groups in total. The van der Waals surface area contributed by atoms with Crippen molar-refractivity contribution >= 4 is 5.91 Å². The molecule has 122 valence electrons. The normalized spacial score (nSPS) is 15.2. The maximum atomic E-state index is 12.2. The summed E-state index contributed by atoms with van der Waals surface area (Å²) in [5, 5.41) is 3.12. The number of hydrogen-bond acceptors (Lipinski definition) is 4. The monoisotopic (exact) mass is 307 g/mol. The summed E-state index contributed by atoms with van der Waals surface area (Å²) in [6.45, 7) is 0. The number of carbonyl (C=O) groups is 1. The van der Waals surface area contributed by atoms with Crippen LogP contribution in [0.25, 0.3) is 0 Å². The highest BCUT2D eigenvalue weighted by molar-refractivity contribution is 5.79. The minimum absolute atomic E-state index is 0.0428. The molecule has 2 rings (SSSR count). The van der Waals surface area contributed by atoms with E-state index in [4.69, 9.17) is 14.2 Å². The van der Waals surface area contributed by atoms with Gasteiger partial charge in [0.15, 0.2) is 11.5 Å². The van der Waals surface area contributed by atoms with Crippen LogP contribution >= 0.6 is 0 Å². The van der Waals surface area contributed by atoms with Gasteiger partial charge in [0.1, 0.15) is 0 Å². The van der Waals surface area contributed by atoms with Crippen LogP contribution in [0.5, 0.6) is 17.2 Å². The Bertz CT molecular complexity index is 484. The summed E-state index contributed by atoms with van der Waals surface area (Å²) in [5.41, 5.74) is 0.850. The minimum Gasteiger partial charge on any atom is -0.493 e. The predicted molar refractivity (Wildman–Crippen MR) is 84.8 cm³/mol. The molecule has 1 aliphatic carbocycles. The Kier molecular flexibility index (Phi) is 5.92. The van der Waals surface area contributed by atoms with Gasteiger partial charge in [0.25, 0.3) is 0 Å². The summed E-state index contributed by atoms with van der Waals surface area (Å²) in [4.78, 5) is 12.2. The van der Waals surface area contributed by atoms with Crippen LogP contribution in [0.3, 0.4) is 0 Å². The predicted octanol–water partition coefficient (Wildman–Crippen LogP) is 2.70. The van der Waals surface area contributed by atoms with Crippen LogP contribution in [-0.4, -0.2) is 33.3 Å². The van der Waals surface area contributed by atoms with Gasteiger partial charge < -0.3 is 19.5 Å². The quantitative estimate of drug-likeness (QED) is 0.878. The number of rotatable bonds is 6. The smallest absolute Gasteiger partial charge is 0.224 e. The lowest BCUT2D eigenvalue weighted by atomic mass is 9.95. The van der Waals surface area contributed by atoms with E-state index in [0.717, 1.165) is 18.4 Å². The summed E-state index contributed by atoms with van der Waals surface area (Å²) in [6.07, 6.45) is 6.17. The van der Waals surface area contributed by atoms with Gasteiger partial charge in [-0.3, -0.25) is 4.79 Å². The van der Waals surface area contributed by atoms with E-state index >= 15 is 0 Å². The molecule has 0 bridgehead atoms. The highest BCUT2D eigenvalue weighted by Crippen LogP contribution is 2.38. The van der Waals surface area contributed by atoms with Crippen LogP contribution in [0.15, 0.2) is 12.1 Å². The van der Waals surface area contributed by atoms with Crippen LogP contribution < -0.4 is 19.5 Å². The van der Waals surface area contributed by atoms with E-state index in [1.807, 2.05) is 12.1 Å². The van der Waals surface area contributed by atoms with Crippen LogP contribution in [-0.2, 0) is 11.2 Å². The van der Waals surface area contributed by atoms with Gasteiger partial charge in [-0.25, -0.2) is 0 Å². The Hall–Kier alpha value is -1.91. The number of methoxy groups -OCH3 is 3. The Morgan fingerprint density at radius 1 is 1.05 bits per heavy atom. The molecule has 0 unspecified atom stereocenters. The van der Waals surface area contributed by atoms with Crippen molar-refractivity contribution in [1.82, 2.24) is 5.32 Å². The first-order valence-corrected chi connectivity index (χ1v) is 7.76. The third-order valence-corrected chi connectivity index (χ3v) is 4.06. The number of ether oxygens (including phenoxy) is 3. The van der Waals surface area contributed by atoms with Crippen LogP contribution in [0.2, 0.25) is 0 Å². The van der Waals surface area contributed by atoms with Crippen molar-refractivity contribution in [2.75, 3.05) is 21.3 Å². The average Bonchev–Trinajstić information content (AvgIpc) is 2.54. The second-order valence-electron chi connectivity index (χ2n) is 5.61. The zero-order valence-electron chi connectivity index (χ0n) is 13.6. The summed E-state index contributed by atoms with van der Waals surface area (Å²) < 4.78 is 15.9. The number of benzene rings is 1. The molecule has 0 saturated heterocycles. The Balaban J connectivity index is 2.06. The molecule has 1 aromatic rings. The Labute approximate surface area is 131 Å². The van der Waals surface area contributed by atoms with Crippen molar-refractivity contribution in [3.05, 3.63) is 17.7 Å². The van der Waals surface area contributed by atoms with Crippen LogP contribution in [0.4, 0.5) is 0 Å². The van der Waals surface area contributed by atoms with Gasteiger partial charge >= 0.3 is 0 Å². The Morgan fingerprint density at radius 3 is 2.14 bits per heavy atom. The second kappa shape index (κ2) is 7.92. The SMILES string of the molecule is COc1cc(CC(=O)NC2CCCCC2)cc(OC)c1OC. The molecule has 1 amide bonds. The van der Waals surface area contributed by atoms with E-state index in [-0.39, 0.29) is 5.91 Å². The lowest BCUT2D eigenvalue weighted by Gasteiger charge is -2.23. The first-order valence-electron chi connectivity index (χ1n) is 7.76. The zero-order chi connectivity index (χ0) is 15.9. The first-order chi connectivity index (χ1) is 10.7. The second-order valence-corrected chi connectivity index (χ2v) is 5.61. The summed E-state index contributed by atoms with van der Waals surface area (Å²) >= 11 is 0. The largest absolute Gasteiger partial charge is 0.493 e. The fraction of sp³-hybridized carbons (Fsp3) is 0.588. The van der Waals surface area contributed by atoms with Crippen LogP contribution in [0.1, 0.15) is 37.7 Å². The van der Waals surface area contributed by atoms with Crippen molar-refractivity contribution in [3.8, 4) is 17.2 Å². The molecule has 0 aromatic heterocycles. The molecule has 0 spiro atoms. The molecule has 22 heavy (non-hydrogen) atoms. The van der Waals surface area contributed by atoms with Gasteiger partial charge in [-0.05, 0) is 30.5 Å². The molecular formula is C17H25NO4. The summed E-state index contributed by atoms with van der Waals surface area (Å²) in [7, 11) is 4.71. The van der Waals surface area contributed by atoms with Gasteiger partial charge in [-0.1, -0.05) is 19.3 Å². The maximum Gasteiger partial charge on any atom is 0.224 e. The molecular weight excluding hydrogens is 282 g/mol. The number of hydrogen-bond donors (Lipinski definition) is 1. The zero-order valence-corrected chi connectivity index (χ0v) is 13.6. The van der Waals surface area contributed by atoms with Gasteiger partial charge in [0.05, 0.1) is 27.8 Å². The van der Waals surface area contributed by atoms with Crippen molar-refractivity contribution in [2.24, 2.45) is 0 Å². The van der Waals surface area contributed by atoms with Gasteiger partial charge in [-0.15, -0.1) is 0 Å². The number of carbonyl (C=O) groups excluding carboxylic acids is 1. The van der Waals surface area contributed by atoms with E-state index in [1.54, 1.807) is 21.3 Å². The molecule has 1 saturated carbocycles. The van der Waals surface area contributed by atoms with E-state index in [1.165, 1.54) is 19.3 Å². The lowest BCUT2D eigenvalue weighted by Crippen LogP contribution is -2.37. The molecule has 1 aromatic carbocycles. The average molecular weight is 307 g/mol. The van der Waals surface area contributed by atoms with E-state index in [2.05, 4.69) is 5.32 Å². The van der Waals surface area contributed by atoms with Gasteiger partial charge in [0.2, 0.25) is 11.7 Å². The van der Waals surface area contributed by atoms with E-state index in [9.17, 15) is 4.79 Å². The topological polar surface area (TPSA) is 56.8 Å². The third-order valence-electron chi connectivity index (χ3n) is 4.06. The first kappa shape index (κ1) is 16.5. The van der Waals surface area contributed by atoms with Crippen molar-refractivity contribution in [3.63, 3.8) is 0 Å². The third kappa shape index (κ3) is 4.06. The molecule has 1 fully saturated rings. The lowest BCUT2D eigenvalue weighted by molar-refractivity contribution is -0.121. The number of amides is 1. The molecule has 1 aliphatic rings. The standard InChI is InChI=1S/C17H25NO4/c1-20-14-9-12(10-15(21-2)17(14)22-3)11-16(19)18-13-7-5-4-6-8-13/h9-10,13H,4-8,11H2,1-3H3,(H,18,19). The van der Waals surface area contributed by atoms with Gasteiger partial charge in [-0.2, -0.15) is 0 Å². The fourth-order valence-corrected chi connectivity index (χ4v) is 2.95. The van der Waals surface area contributed by atoms with Crippen molar-refractivity contribution in [1.29, 1.82) is 0 Å². The summed E-state index contributed by atoms with van der Waals surface area (Å²) in [5.74, 6) is 1.73. The maximum absolute atomic E-state index is 12.2. The molecule has 0 atom stereocenters. The summed E-state index contributed by atoms with van der Waals surface area (Å²) in [6, 6.07) is 3.96. The molecule has 5 heteroatoms. The molecule has 5 nitrogen and oxygen atoms in total. The van der Waals surface area contributed by atoms with E-state index in [0.29, 0.717) is 29.7 Å². The number of nitrogens with one attached hydrogen (secondary N) is 1. The van der Waals surface area contributed by atoms with Crippen LogP contribution in [0, 0.1) is 0 Å². The Morgan fingerprint density at radius 2 is 1.64 bits per heavy atom. The fourth-order valence-electron chi connectivity index (χ4n) is 2.95. The molecule has 0 heterocycles. The van der Waals surface area contributed by atoms with Crippen molar-refractivity contribution < 1.29 is 19.0 Å². The molecule has 0 aliphatic heterocycles. The highest BCUT2D eigenvalue weighted by atomic mass is 16.5. The van der Waals surface area contributed by atoms with Gasteiger partial charge in [0, 0.05) is 6.04 Å². The highest BCUT2D eigenvalue weighted by Gasteiger charge is 2.18. The van der Waals surface area contributed by atoms with Crippen molar-refractivity contribution in [2.45, 2.75) is 44.6 Å². The molecule has 0 radical (unpaired) electrons. The van der Waals surface area contributed by atoms with E-state index < -0.39 is 0 Å².